The maximum absolute atomic E-state index is 12.1. The largest absolute Gasteiger partial charge is 0.466 e. The van der Waals surface area contributed by atoms with Crippen LogP contribution in [0.3, 0.4) is 0 Å². The third-order valence-electron chi connectivity index (χ3n) is 2.89. The van der Waals surface area contributed by atoms with Gasteiger partial charge in [0.1, 0.15) is 16.2 Å². The fourth-order valence-electron chi connectivity index (χ4n) is 1.79. The molecule has 0 bridgehead atoms. The minimum Gasteiger partial charge on any atom is -0.466 e. The molecule has 0 aliphatic carbocycles. The number of carbonyl (C=O) groups excluding carboxylic acids is 1. The van der Waals surface area contributed by atoms with Crippen molar-refractivity contribution in [1.29, 1.82) is 0 Å². The number of nitrogens with zero attached hydrogens (tertiary/aromatic N) is 2. The second-order valence-electron chi connectivity index (χ2n) is 4.73. The van der Waals surface area contributed by atoms with Crippen molar-refractivity contribution >= 4 is 17.4 Å². The summed E-state index contributed by atoms with van der Waals surface area (Å²) in [5.41, 5.74) is -0.546. The lowest BCUT2D eigenvalue weighted by Crippen LogP contribution is -2.38. The van der Waals surface area contributed by atoms with Crippen molar-refractivity contribution in [2.24, 2.45) is 0 Å². The number of aromatic nitrogens is 2. The summed E-state index contributed by atoms with van der Waals surface area (Å²) in [4.78, 5) is 12.6. The zero-order valence-electron chi connectivity index (χ0n) is 11.4. The van der Waals surface area contributed by atoms with E-state index < -0.39 is 5.60 Å². The Kier molecular flexibility index (Phi) is 4.51. The summed E-state index contributed by atoms with van der Waals surface area (Å²) in [6.45, 7) is 3.66. The van der Waals surface area contributed by atoms with E-state index >= 15 is 0 Å². The molecule has 0 aromatic carbocycles. The molecule has 2 N–H and O–H groups in total. The average Bonchev–Trinajstić information content (AvgIpc) is 3.07. The normalized spacial score (nSPS) is 13.9. The van der Waals surface area contributed by atoms with E-state index in [0.29, 0.717) is 22.8 Å². The van der Waals surface area contributed by atoms with Gasteiger partial charge in [-0.1, -0.05) is 17.8 Å². The smallest absolute Gasteiger partial charge is 0.265 e. The maximum atomic E-state index is 12.1. The highest BCUT2D eigenvalue weighted by molar-refractivity contribution is 7.08. The third kappa shape index (κ3) is 3.23. The van der Waals surface area contributed by atoms with Gasteiger partial charge >= 0.3 is 0 Å². The van der Waals surface area contributed by atoms with Crippen molar-refractivity contribution in [3.63, 3.8) is 0 Å². The van der Waals surface area contributed by atoms with Gasteiger partial charge in [0.25, 0.3) is 5.91 Å². The lowest BCUT2D eigenvalue weighted by molar-refractivity contribution is 0.0331. The Morgan fingerprint density at radius 2 is 2.40 bits per heavy atom. The monoisotopic (exact) mass is 295 g/mol. The fourth-order valence-corrected chi connectivity index (χ4v) is 2.41. The number of amides is 1. The molecule has 108 valence electrons. The summed E-state index contributed by atoms with van der Waals surface area (Å²) in [5, 5.41) is 16.9. The molecule has 0 saturated carbocycles. The fraction of sp³-hybridized carbons (Fsp3) is 0.462. The van der Waals surface area contributed by atoms with Crippen molar-refractivity contribution in [1.82, 2.24) is 14.9 Å². The van der Waals surface area contributed by atoms with E-state index in [1.165, 1.54) is 6.26 Å². The Balaban J connectivity index is 2.00. The Hall–Kier alpha value is -1.73. The van der Waals surface area contributed by atoms with E-state index in [1.807, 2.05) is 6.92 Å². The quantitative estimate of drug-likeness (QED) is 0.847. The molecule has 20 heavy (non-hydrogen) atoms. The van der Waals surface area contributed by atoms with Gasteiger partial charge in [-0.05, 0) is 37.0 Å². The number of aliphatic hydroxyl groups is 1. The second-order valence-corrected chi connectivity index (χ2v) is 5.49. The first-order valence-electron chi connectivity index (χ1n) is 6.40. The van der Waals surface area contributed by atoms with Crippen LogP contribution in [0.1, 0.15) is 41.4 Å². The average molecular weight is 295 g/mol. The van der Waals surface area contributed by atoms with Gasteiger partial charge in [0.05, 0.1) is 18.5 Å². The molecule has 0 aliphatic rings. The van der Waals surface area contributed by atoms with E-state index in [4.69, 9.17) is 4.42 Å². The molecule has 0 saturated heterocycles. The predicted molar refractivity (Wildman–Crippen MR) is 74.5 cm³/mol. The number of nitrogens with one attached hydrogen (secondary N) is 1. The highest BCUT2D eigenvalue weighted by Gasteiger charge is 2.27. The number of hydrogen-bond donors (Lipinski definition) is 2. The van der Waals surface area contributed by atoms with Gasteiger partial charge in [0.2, 0.25) is 0 Å². The van der Waals surface area contributed by atoms with Gasteiger partial charge in [0, 0.05) is 0 Å². The number of hydrogen-bond acceptors (Lipinski definition) is 6. The van der Waals surface area contributed by atoms with Crippen molar-refractivity contribution in [3.05, 3.63) is 34.7 Å². The van der Waals surface area contributed by atoms with Crippen LogP contribution in [-0.4, -0.2) is 27.1 Å². The highest BCUT2D eigenvalue weighted by atomic mass is 32.1. The summed E-state index contributed by atoms with van der Waals surface area (Å²) in [7, 11) is 0. The van der Waals surface area contributed by atoms with Crippen molar-refractivity contribution in [2.75, 3.05) is 6.54 Å². The second kappa shape index (κ2) is 6.15. The van der Waals surface area contributed by atoms with E-state index in [1.54, 1.807) is 19.1 Å². The summed E-state index contributed by atoms with van der Waals surface area (Å²) in [6, 6.07) is 3.36. The lowest BCUT2D eigenvalue weighted by Gasteiger charge is -2.20. The van der Waals surface area contributed by atoms with Crippen LogP contribution in [0.5, 0.6) is 0 Å². The van der Waals surface area contributed by atoms with Crippen LogP contribution in [0, 0.1) is 0 Å². The molecule has 1 amide bonds. The molecule has 2 rings (SSSR count). The van der Waals surface area contributed by atoms with Gasteiger partial charge in [-0.15, -0.1) is 5.10 Å². The van der Waals surface area contributed by atoms with E-state index in [9.17, 15) is 9.90 Å². The molecule has 1 atom stereocenters. The molecule has 0 spiro atoms. The van der Waals surface area contributed by atoms with Crippen LogP contribution < -0.4 is 5.32 Å². The number of carbonyl (C=O) groups is 1. The zero-order chi connectivity index (χ0) is 14.6. The van der Waals surface area contributed by atoms with Crippen LogP contribution in [0.4, 0.5) is 0 Å². The Bertz CT molecular complexity index is 563. The maximum Gasteiger partial charge on any atom is 0.265 e. The topological polar surface area (TPSA) is 88.2 Å². The molecular weight excluding hydrogens is 278 g/mol. The highest BCUT2D eigenvalue weighted by Crippen LogP contribution is 2.20. The summed E-state index contributed by atoms with van der Waals surface area (Å²) < 4.78 is 8.97. The van der Waals surface area contributed by atoms with Crippen LogP contribution in [0.25, 0.3) is 0 Å². The molecule has 6 nitrogen and oxygen atoms in total. The van der Waals surface area contributed by atoms with Crippen LogP contribution in [-0.2, 0) is 12.0 Å². The van der Waals surface area contributed by atoms with E-state index in [0.717, 1.165) is 18.0 Å². The standard InChI is InChI=1S/C13H17N3O3S/c1-3-5-9-11(20-16-15-9)12(17)14-8-13(2,18)10-6-4-7-19-10/h4,6-7,18H,3,5,8H2,1-2H3,(H,14,17)/t13-/m0/s1. The number of aryl methyl sites for hydroxylation is 1. The van der Waals surface area contributed by atoms with Crippen molar-refractivity contribution < 1.29 is 14.3 Å². The molecule has 0 radical (unpaired) electrons. The van der Waals surface area contributed by atoms with E-state index in [2.05, 4.69) is 14.9 Å². The van der Waals surface area contributed by atoms with Crippen LogP contribution in [0.15, 0.2) is 22.8 Å². The van der Waals surface area contributed by atoms with Gasteiger partial charge < -0.3 is 14.8 Å². The molecule has 7 heteroatoms. The predicted octanol–water partition coefficient (Wildman–Crippen LogP) is 1.72. The number of rotatable bonds is 6. The minimum atomic E-state index is -1.25. The molecule has 2 aromatic rings. The molecule has 0 aliphatic heterocycles. The minimum absolute atomic E-state index is 0.0583. The Morgan fingerprint density at radius 1 is 1.60 bits per heavy atom. The molecule has 0 unspecified atom stereocenters. The van der Waals surface area contributed by atoms with E-state index in [-0.39, 0.29) is 12.5 Å². The first-order chi connectivity index (χ1) is 9.54. The summed E-state index contributed by atoms with van der Waals surface area (Å²) in [6.07, 6.45) is 3.10. The Labute approximate surface area is 121 Å². The Morgan fingerprint density at radius 3 is 3.05 bits per heavy atom. The molecular formula is C13H17N3O3S. The SMILES string of the molecule is CCCc1nnsc1C(=O)NC[C@](C)(O)c1ccco1. The molecule has 0 fully saturated rings. The van der Waals surface area contributed by atoms with Crippen LogP contribution >= 0.6 is 11.5 Å². The lowest BCUT2D eigenvalue weighted by atomic mass is 10.0. The molecule has 2 aromatic heterocycles. The van der Waals surface area contributed by atoms with Gasteiger partial charge in [-0.3, -0.25) is 4.79 Å². The number of furan rings is 1. The van der Waals surface area contributed by atoms with Gasteiger partial charge in [-0.25, -0.2) is 0 Å². The van der Waals surface area contributed by atoms with Crippen molar-refractivity contribution in [3.8, 4) is 0 Å². The third-order valence-corrected chi connectivity index (χ3v) is 3.66. The first kappa shape index (κ1) is 14.7. The van der Waals surface area contributed by atoms with Gasteiger partial charge in [0.15, 0.2) is 0 Å². The van der Waals surface area contributed by atoms with Gasteiger partial charge in [-0.2, -0.15) is 0 Å². The van der Waals surface area contributed by atoms with Crippen LogP contribution in [0.2, 0.25) is 0 Å². The first-order valence-corrected chi connectivity index (χ1v) is 7.17. The zero-order valence-corrected chi connectivity index (χ0v) is 12.2. The summed E-state index contributed by atoms with van der Waals surface area (Å²) >= 11 is 1.07. The van der Waals surface area contributed by atoms with Crippen molar-refractivity contribution in [2.45, 2.75) is 32.3 Å². The molecule has 2 heterocycles. The summed E-state index contributed by atoms with van der Waals surface area (Å²) in [5.74, 6) is 0.143.